The van der Waals surface area contributed by atoms with Crippen LogP contribution < -0.4 is 11.1 Å². The molecular weight excluding hydrogens is 156 g/mol. The van der Waals surface area contributed by atoms with Gasteiger partial charge >= 0.3 is 5.97 Å². The summed E-state index contributed by atoms with van der Waals surface area (Å²) in [5.74, 6) is -0.141. The Balaban J connectivity index is 3.03. The topological polar surface area (TPSA) is 64.3 Å². The SMILES string of the molecule is CCOC(=O)CCNCCCN. The van der Waals surface area contributed by atoms with Crippen molar-refractivity contribution in [1.29, 1.82) is 0 Å². The third-order valence-corrected chi connectivity index (χ3v) is 1.37. The van der Waals surface area contributed by atoms with Gasteiger partial charge in [-0.25, -0.2) is 0 Å². The van der Waals surface area contributed by atoms with Gasteiger partial charge in [-0.3, -0.25) is 4.79 Å². The van der Waals surface area contributed by atoms with E-state index in [0.29, 0.717) is 26.1 Å². The highest BCUT2D eigenvalue weighted by atomic mass is 16.5. The van der Waals surface area contributed by atoms with Gasteiger partial charge in [0.05, 0.1) is 13.0 Å². The minimum absolute atomic E-state index is 0.141. The number of carbonyl (C=O) groups is 1. The van der Waals surface area contributed by atoms with Gasteiger partial charge < -0.3 is 15.8 Å². The van der Waals surface area contributed by atoms with Crippen LogP contribution in [0.5, 0.6) is 0 Å². The van der Waals surface area contributed by atoms with Crippen LogP contribution in [0.25, 0.3) is 0 Å². The average Bonchev–Trinajstić information content (AvgIpc) is 2.05. The minimum atomic E-state index is -0.141. The first-order valence-corrected chi connectivity index (χ1v) is 4.37. The highest BCUT2D eigenvalue weighted by Crippen LogP contribution is 1.83. The first-order valence-electron chi connectivity index (χ1n) is 4.37. The molecule has 0 saturated carbocycles. The predicted molar refractivity (Wildman–Crippen MR) is 47.8 cm³/mol. The van der Waals surface area contributed by atoms with Crippen molar-refractivity contribution in [1.82, 2.24) is 5.32 Å². The number of carbonyl (C=O) groups excluding carboxylic acids is 1. The summed E-state index contributed by atoms with van der Waals surface area (Å²) in [7, 11) is 0. The molecule has 12 heavy (non-hydrogen) atoms. The van der Waals surface area contributed by atoms with E-state index in [1.165, 1.54) is 0 Å². The monoisotopic (exact) mass is 174 g/mol. The summed E-state index contributed by atoms with van der Waals surface area (Å²) in [6, 6.07) is 0. The number of rotatable bonds is 7. The van der Waals surface area contributed by atoms with E-state index >= 15 is 0 Å². The molecule has 0 aromatic rings. The van der Waals surface area contributed by atoms with Gasteiger partial charge in [0, 0.05) is 6.54 Å². The second-order valence-corrected chi connectivity index (χ2v) is 2.45. The van der Waals surface area contributed by atoms with E-state index in [0.717, 1.165) is 13.0 Å². The fraction of sp³-hybridized carbons (Fsp3) is 0.875. The Morgan fingerprint density at radius 1 is 1.50 bits per heavy atom. The van der Waals surface area contributed by atoms with Crippen LogP contribution in [-0.2, 0) is 9.53 Å². The second-order valence-electron chi connectivity index (χ2n) is 2.45. The van der Waals surface area contributed by atoms with Crippen molar-refractivity contribution in [3.05, 3.63) is 0 Å². The van der Waals surface area contributed by atoms with Gasteiger partial charge in [0.25, 0.3) is 0 Å². The van der Waals surface area contributed by atoms with Crippen LogP contribution in [-0.4, -0.2) is 32.2 Å². The second kappa shape index (κ2) is 8.49. The standard InChI is InChI=1S/C8H18N2O2/c1-2-12-8(11)4-7-10-6-3-5-9/h10H,2-7,9H2,1H3. The lowest BCUT2D eigenvalue weighted by Gasteiger charge is -2.02. The summed E-state index contributed by atoms with van der Waals surface area (Å²) in [4.78, 5) is 10.8. The summed E-state index contributed by atoms with van der Waals surface area (Å²) in [6.07, 6.45) is 1.39. The number of esters is 1. The molecule has 0 unspecified atom stereocenters. The van der Waals surface area contributed by atoms with E-state index in [9.17, 15) is 4.79 Å². The molecule has 0 saturated heterocycles. The molecule has 0 aliphatic rings. The lowest BCUT2D eigenvalue weighted by atomic mass is 10.4. The smallest absolute Gasteiger partial charge is 0.307 e. The molecule has 4 nitrogen and oxygen atoms in total. The maximum absolute atomic E-state index is 10.8. The summed E-state index contributed by atoms with van der Waals surface area (Å²) < 4.78 is 4.74. The molecule has 0 bridgehead atoms. The normalized spacial score (nSPS) is 9.83. The molecule has 3 N–H and O–H groups in total. The minimum Gasteiger partial charge on any atom is -0.466 e. The van der Waals surface area contributed by atoms with Gasteiger partial charge in [-0.2, -0.15) is 0 Å². The van der Waals surface area contributed by atoms with Crippen LogP contribution in [0.2, 0.25) is 0 Å². The van der Waals surface area contributed by atoms with Crippen LogP contribution >= 0.6 is 0 Å². The van der Waals surface area contributed by atoms with Crippen molar-refractivity contribution in [2.75, 3.05) is 26.2 Å². The lowest BCUT2D eigenvalue weighted by Crippen LogP contribution is -2.22. The van der Waals surface area contributed by atoms with Gasteiger partial charge in [0.15, 0.2) is 0 Å². The van der Waals surface area contributed by atoms with E-state index in [4.69, 9.17) is 10.5 Å². The highest BCUT2D eigenvalue weighted by molar-refractivity contribution is 5.69. The molecule has 0 aromatic heterocycles. The maximum atomic E-state index is 10.8. The quantitative estimate of drug-likeness (QED) is 0.417. The molecule has 0 rings (SSSR count). The number of nitrogens with one attached hydrogen (secondary N) is 1. The zero-order valence-electron chi connectivity index (χ0n) is 7.64. The highest BCUT2D eigenvalue weighted by Gasteiger charge is 1.98. The average molecular weight is 174 g/mol. The van der Waals surface area contributed by atoms with Crippen molar-refractivity contribution >= 4 is 5.97 Å². The maximum Gasteiger partial charge on any atom is 0.307 e. The molecule has 72 valence electrons. The third-order valence-electron chi connectivity index (χ3n) is 1.37. The van der Waals surface area contributed by atoms with E-state index in [1.807, 2.05) is 0 Å². The molecule has 4 heteroatoms. The Kier molecular flexibility index (Phi) is 8.05. The Hall–Kier alpha value is -0.610. The Labute approximate surface area is 73.5 Å². The molecule has 0 atom stereocenters. The van der Waals surface area contributed by atoms with E-state index in [-0.39, 0.29) is 5.97 Å². The molecule has 0 heterocycles. The Morgan fingerprint density at radius 3 is 2.83 bits per heavy atom. The molecule has 0 aliphatic heterocycles. The fourth-order valence-electron chi connectivity index (χ4n) is 0.776. The van der Waals surface area contributed by atoms with Crippen molar-refractivity contribution in [3.8, 4) is 0 Å². The number of ether oxygens (including phenoxy) is 1. The molecule has 0 aliphatic carbocycles. The summed E-state index contributed by atoms with van der Waals surface area (Å²) in [5, 5.41) is 3.09. The Bertz CT molecular complexity index is 118. The molecule has 0 fully saturated rings. The van der Waals surface area contributed by atoms with E-state index in [2.05, 4.69) is 5.32 Å². The predicted octanol–water partition coefficient (Wildman–Crippen LogP) is -0.122. The van der Waals surface area contributed by atoms with Crippen molar-refractivity contribution in [2.45, 2.75) is 19.8 Å². The van der Waals surface area contributed by atoms with Gasteiger partial charge in [-0.1, -0.05) is 0 Å². The summed E-state index contributed by atoms with van der Waals surface area (Å²) in [5.41, 5.74) is 5.29. The first-order chi connectivity index (χ1) is 5.81. The van der Waals surface area contributed by atoms with Crippen molar-refractivity contribution in [3.63, 3.8) is 0 Å². The molecular formula is C8H18N2O2. The van der Waals surface area contributed by atoms with Crippen LogP contribution in [0, 0.1) is 0 Å². The molecule has 0 spiro atoms. The Morgan fingerprint density at radius 2 is 2.25 bits per heavy atom. The summed E-state index contributed by atoms with van der Waals surface area (Å²) >= 11 is 0. The van der Waals surface area contributed by atoms with Crippen molar-refractivity contribution in [2.24, 2.45) is 5.73 Å². The molecule has 0 radical (unpaired) electrons. The zero-order valence-corrected chi connectivity index (χ0v) is 7.64. The van der Waals surface area contributed by atoms with E-state index < -0.39 is 0 Å². The number of nitrogens with two attached hydrogens (primary N) is 1. The van der Waals surface area contributed by atoms with Crippen LogP contribution in [0.1, 0.15) is 19.8 Å². The van der Waals surface area contributed by atoms with Crippen LogP contribution in [0.3, 0.4) is 0 Å². The van der Waals surface area contributed by atoms with Crippen LogP contribution in [0.4, 0.5) is 0 Å². The van der Waals surface area contributed by atoms with Gasteiger partial charge in [0.2, 0.25) is 0 Å². The van der Waals surface area contributed by atoms with E-state index in [1.54, 1.807) is 6.92 Å². The van der Waals surface area contributed by atoms with Crippen LogP contribution in [0.15, 0.2) is 0 Å². The molecule has 0 aromatic carbocycles. The summed E-state index contributed by atoms with van der Waals surface area (Å²) in [6.45, 7) is 4.50. The molecule has 0 amide bonds. The zero-order chi connectivity index (χ0) is 9.23. The lowest BCUT2D eigenvalue weighted by molar-refractivity contribution is -0.142. The number of hydrogen-bond acceptors (Lipinski definition) is 4. The number of hydrogen-bond donors (Lipinski definition) is 2. The van der Waals surface area contributed by atoms with Gasteiger partial charge in [-0.05, 0) is 26.4 Å². The van der Waals surface area contributed by atoms with Gasteiger partial charge in [0.1, 0.15) is 0 Å². The van der Waals surface area contributed by atoms with Crippen molar-refractivity contribution < 1.29 is 9.53 Å². The fourth-order valence-corrected chi connectivity index (χ4v) is 0.776. The third kappa shape index (κ3) is 7.50. The van der Waals surface area contributed by atoms with Gasteiger partial charge in [-0.15, -0.1) is 0 Å². The largest absolute Gasteiger partial charge is 0.466 e. The first kappa shape index (κ1) is 11.4.